The maximum atomic E-state index is 12.3. The first-order valence-corrected chi connectivity index (χ1v) is 12.3. The highest BCUT2D eigenvalue weighted by Crippen LogP contribution is 2.43. The number of carbonyl (C=O) groups excluding carboxylic acids is 1. The Morgan fingerprint density at radius 3 is 1.73 bits per heavy atom. The van der Waals surface area contributed by atoms with E-state index in [2.05, 4.69) is 85.1 Å². The van der Waals surface area contributed by atoms with E-state index in [0.29, 0.717) is 18.1 Å². The summed E-state index contributed by atoms with van der Waals surface area (Å²) in [5.74, 6) is 1.29. The Labute approximate surface area is 200 Å². The van der Waals surface area contributed by atoms with Crippen LogP contribution < -0.4 is 5.48 Å². The zero-order valence-electron chi connectivity index (χ0n) is 22.2. The van der Waals surface area contributed by atoms with E-state index in [9.17, 15) is 9.90 Å². The molecule has 0 unspecified atom stereocenters. The van der Waals surface area contributed by atoms with Crippen LogP contribution in [0, 0.1) is 5.92 Å². The molecule has 0 saturated carbocycles. The number of rotatable bonds is 9. The molecule has 182 valence electrons. The summed E-state index contributed by atoms with van der Waals surface area (Å²) in [4.78, 5) is 17.9. The molecule has 0 radical (unpaired) electrons. The number of phenolic OH excluding ortho intramolecular Hbond substituents is 1. The molecular formula is C29H43NO3. The van der Waals surface area contributed by atoms with Gasteiger partial charge in [-0.15, -0.1) is 0 Å². The molecule has 4 heteroatoms. The highest BCUT2D eigenvalue weighted by molar-refractivity contribution is 5.83. The molecule has 2 aromatic rings. The number of benzene rings is 2. The van der Waals surface area contributed by atoms with Crippen LogP contribution in [-0.4, -0.2) is 11.1 Å². The van der Waals surface area contributed by atoms with Crippen molar-refractivity contribution >= 4 is 11.7 Å². The number of aromatic hydroxyl groups is 1. The normalized spacial score (nSPS) is 11.8. The minimum atomic E-state index is -0.268. The summed E-state index contributed by atoms with van der Waals surface area (Å²) < 4.78 is 0. The number of hydrogen-bond acceptors (Lipinski definition) is 4. The van der Waals surface area contributed by atoms with E-state index >= 15 is 0 Å². The molecular weight excluding hydrogens is 410 g/mol. The van der Waals surface area contributed by atoms with E-state index < -0.39 is 0 Å². The van der Waals surface area contributed by atoms with Gasteiger partial charge < -0.3 is 9.94 Å². The van der Waals surface area contributed by atoms with Crippen molar-refractivity contribution in [3.8, 4) is 16.9 Å². The van der Waals surface area contributed by atoms with Crippen molar-refractivity contribution in [1.82, 2.24) is 0 Å². The van der Waals surface area contributed by atoms with Gasteiger partial charge in [0.25, 0.3) is 0 Å². The fraction of sp³-hybridized carbons (Fsp3) is 0.552. The van der Waals surface area contributed by atoms with Crippen molar-refractivity contribution in [2.24, 2.45) is 5.92 Å². The summed E-state index contributed by atoms with van der Waals surface area (Å²) in [6.07, 6.45) is 0.359. The predicted octanol–water partition coefficient (Wildman–Crippen LogP) is 8.47. The third-order valence-corrected chi connectivity index (χ3v) is 6.05. The van der Waals surface area contributed by atoms with Crippen LogP contribution in [0.1, 0.15) is 122 Å². The molecule has 0 saturated heterocycles. The lowest BCUT2D eigenvalue weighted by molar-refractivity contribution is -0.141. The van der Waals surface area contributed by atoms with Gasteiger partial charge in [0.15, 0.2) is 0 Å². The largest absolute Gasteiger partial charge is 0.507 e. The van der Waals surface area contributed by atoms with E-state index in [1.54, 1.807) is 0 Å². The number of nitrogens with one attached hydrogen (secondary N) is 1. The fourth-order valence-corrected chi connectivity index (χ4v) is 4.02. The summed E-state index contributed by atoms with van der Waals surface area (Å²) in [6, 6.07) is 8.56. The van der Waals surface area contributed by atoms with Gasteiger partial charge in [-0.25, -0.2) is 10.3 Å². The molecule has 0 amide bonds. The average molecular weight is 454 g/mol. The van der Waals surface area contributed by atoms with Crippen LogP contribution in [0.25, 0.3) is 11.1 Å². The third-order valence-electron chi connectivity index (χ3n) is 6.05. The molecule has 0 spiro atoms. The molecule has 2 aromatic carbocycles. The molecule has 2 N–H and O–H groups in total. The molecule has 0 atom stereocenters. The van der Waals surface area contributed by atoms with Crippen LogP contribution in [0.4, 0.5) is 5.69 Å². The molecule has 0 bridgehead atoms. The van der Waals surface area contributed by atoms with Gasteiger partial charge in [0.1, 0.15) is 5.75 Å². The monoisotopic (exact) mass is 453 g/mol. The van der Waals surface area contributed by atoms with Crippen LogP contribution >= 0.6 is 0 Å². The Hall–Kier alpha value is -2.49. The van der Waals surface area contributed by atoms with E-state index in [-0.39, 0.29) is 29.6 Å². The SMILES string of the molecule is CC(C)CC(=O)ONc1c(-c2cc(C(C)C)c(O)c(C(C)C)c2)cc(C(C)C)cc1C(C)C. The average Bonchev–Trinajstić information content (AvgIpc) is 2.70. The van der Waals surface area contributed by atoms with E-state index in [1.165, 1.54) is 5.56 Å². The van der Waals surface area contributed by atoms with Gasteiger partial charge in [-0.2, -0.15) is 0 Å². The van der Waals surface area contributed by atoms with Gasteiger partial charge in [0, 0.05) is 5.56 Å². The number of phenols is 1. The van der Waals surface area contributed by atoms with E-state index in [4.69, 9.17) is 4.84 Å². The molecule has 33 heavy (non-hydrogen) atoms. The van der Waals surface area contributed by atoms with Gasteiger partial charge in [-0.1, -0.05) is 75.3 Å². The van der Waals surface area contributed by atoms with Gasteiger partial charge in [0.05, 0.1) is 12.1 Å². The number of hydrogen-bond donors (Lipinski definition) is 2. The second kappa shape index (κ2) is 11.1. The smallest absolute Gasteiger partial charge is 0.332 e. The van der Waals surface area contributed by atoms with E-state index in [1.807, 2.05) is 13.8 Å². The van der Waals surface area contributed by atoms with Crippen LogP contribution in [0.2, 0.25) is 0 Å². The molecule has 0 fully saturated rings. The van der Waals surface area contributed by atoms with Gasteiger partial charge >= 0.3 is 5.97 Å². The second-order valence-electron chi connectivity index (χ2n) is 10.8. The van der Waals surface area contributed by atoms with E-state index in [0.717, 1.165) is 33.5 Å². The van der Waals surface area contributed by atoms with Crippen LogP contribution in [0.5, 0.6) is 5.75 Å². The highest BCUT2D eigenvalue weighted by atomic mass is 16.7. The Kier molecular flexibility index (Phi) is 8.99. The first-order valence-electron chi connectivity index (χ1n) is 12.3. The molecule has 0 heterocycles. The summed E-state index contributed by atoms with van der Waals surface area (Å²) >= 11 is 0. The van der Waals surface area contributed by atoms with Gasteiger partial charge in [-0.05, 0) is 75.6 Å². The minimum absolute atomic E-state index is 0.181. The predicted molar refractivity (Wildman–Crippen MR) is 139 cm³/mol. The molecule has 4 nitrogen and oxygen atoms in total. The Morgan fingerprint density at radius 2 is 1.30 bits per heavy atom. The van der Waals surface area contributed by atoms with Crippen molar-refractivity contribution in [2.45, 2.75) is 99.3 Å². The summed E-state index contributed by atoms with van der Waals surface area (Å²) in [5, 5.41) is 10.9. The van der Waals surface area contributed by atoms with Crippen molar-refractivity contribution in [3.05, 3.63) is 46.5 Å². The van der Waals surface area contributed by atoms with Crippen molar-refractivity contribution in [3.63, 3.8) is 0 Å². The summed E-state index contributed by atoms with van der Waals surface area (Å²) in [7, 11) is 0. The third kappa shape index (κ3) is 6.52. The zero-order valence-corrected chi connectivity index (χ0v) is 22.2. The second-order valence-corrected chi connectivity index (χ2v) is 10.8. The van der Waals surface area contributed by atoms with Crippen molar-refractivity contribution in [1.29, 1.82) is 0 Å². The van der Waals surface area contributed by atoms with Crippen LogP contribution in [0.3, 0.4) is 0 Å². The highest BCUT2D eigenvalue weighted by Gasteiger charge is 2.22. The molecule has 0 aromatic heterocycles. The fourth-order valence-electron chi connectivity index (χ4n) is 4.02. The van der Waals surface area contributed by atoms with Gasteiger partial charge in [0.2, 0.25) is 0 Å². The maximum absolute atomic E-state index is 12.3. The molecule has 0 aliphatic rings. The molecule has 0 aliphatic carbocycles. The lowest BCUT2D eigenvalue weighted by Crippen LogP contribution is -2.15. The quantitative estimate of drug-likeness (QED) is 0.374. The van der Waals surface area contributed by atoms with Crippen LogP contribution in [0.15, 0.2) is 24.3 Å². The number of anilines is 1. The maximum Gasteiger partial charge on any atom is 0.332 e. The Balaban J connectivity index is 2.78. The lowest BCUT2D eigenvalue weighted by atomic mass is 9.85. The van der Waals surface area contributed by atoms with Crippen molar-refractivity contribution in [2.75, 3.05) is 5.48 Å². The first-order chi connectivity index (χ1) is 15.3. The topological polar surface area (TPSA) is 58.6 Å². The molecule has 0 aliphatic heterocycles. The minimum Gasteiger partial charge on any atom is -0.507 e. The number of carbonyl (C=O) groups is 1. The Morgan fingerprint density at radius 1 is 0.788 bits per heavy atom. The summed E-state index contributed by atoms with van der Waals surface area (Å²) in [5.41, 5.74) is 10.1. The van der Waals surface area contributed by atoms with Crippen molar-refractivity contribution < 1.29 is 14.7 Å². The Bertz CT molecular complexity index is 942. The van der Waals surface area contributed by atoms with Gasteiger partial charge in [-0.3, -0.25) is 0 Å². The molecule has 2 rings (SSSR count). The van der Waals surface area contributed by atoms with Crippen LogP contribution in [-0.2, 0) is 9.63 Å². The lowest BCUT2D eigenvalue weighted by Gasteiger charge is -2.24. The first kappa shape index (κ1) is 26.8. The standard InChI is InChI=1S/C29H43NO3/c1-16(2)11-27(31)33-30-28-23(18(5)6)12-21(17(3)4)13-26(28)22-14-24(19(7)8)29(32)25(15-22)20(9)10/h12-20,30,32H,11H2,1-10H3. The summed E-state index contributed by atoms with van der Waals surface area (Å²) in [6.45, 7) is 21.1. The zero-order chi connectivity index (χ0) is 25.0.